The van der Waals surface area contributed by atoms with Gasteiger partial charge in [-0.05, 0) is 75.8 Å². The summed E-state index contributed by atoms with van der Waals surface area (Å²) in [6.45, 7) is 3.52. The van der Waals surface area contributed by atoms with Crippen molar-refractivity contribution in [2.75, 3.05) is 32.1 Å². The van der Waals surface area contributed by atoms with Crippen LogP contribution in [0, 0.1) is 5.82 Å². The van der Waals surface area contributed by atoms with E-state index < -0.39 is 0 Å². The van der Waals surface area contributed by atoms with Crippen molar-refractivity contribution < 1.29 is 13.9 Å². The summed E-state index contributed by atoms with van der Waals surface area (Å²) in [7, 11) is 1.92. The lowest BCUT2D eigenvalue weighted by molar-refractivity contribution is -0.117. The van der Waals surface area contributed by atoms with Crippen LogP contribution < -0.4 is 10.1 Å². The third-order valence-electron chi connectivity index (χ3n) is 4.63. The molecule has 0 aliphatic rings. The third kappa shape index (κ3) is 6.15. The number of hydrogen-bond acceptors (Lipinski definition) is 4. The SMILES string of the molecule is CCOc1ccccc1NC(=O)CN(C)CCCc1cc(-c2ccc(F)cc2)n[nH]1. The van der Waals surface area contributed by atoms with Crippen LogP contribution in [0.4, 0.5) is 10.1 Å². The van der Waals surface area contributed by atoms with Crippen molar-refractivity contribution in [3.63, 3.8) is 0 Å². The number of aromatic amines is 1. The van der Waals surface area contributed by atoms with E-state index in [2.05, 4.69) is 15.5 Å². The Morgan fingerprint density at radius 1 is 1.20 bits per heavy atom. The van der Waals surface area contributed by atoms with Gasteiger partial charge in [0.1, 0.15) is 11.6 Å². The number of benzene rings is 2. The Balaban J connectivity index is 1.43. The number of para-hydroxylation sites is 2. The number of H-pyrrole nitrogens is 1. The molecule has 0 radical (unpaired) electrons. The van der Waals surface area contributed by atoms with Crippen molar-refractivity contribution >= 4 is 11.6 Å². The highest BCUT2D eigenvalue weighted by atomic mass is 19.1. The number of anilines is 1. The first-order valence-electron chi connectivity index (χ1n) is 10.1. The molecule has 2 aromatic carbocycles. The third-order valence-corrected chi connectivity index (χ3v) is 4.63. The summed E-state index contributed by atoms with van der Waals surface area (Å²) in [6, 6.07) is 15.7. The fourth-order valence-electron chi connectivity index (χ4n) is 3.16. The van der Waals surface area contributed by atoms with Gasteiger partial charge in [-0.15, -0.1) is 0 Å². The molecule has 0 aliphatic carbocycles. The molecule has 2 N–H and O–H groups in total. The number of hydrogen-bond donors (Lipinski definition) is 2. The molecule has 0 aliphatic heterocycles. The highest BCUT2D eigenvalue weighted by molar-refractivity contribution is 5.93. The largest absolute Gasteiger partial charge is 0.492 e. The van der Waals surface area contributed by atoms with Gasteiger partial charge in [0.2, 0.25) is 5.91 Å². The number of amides is 1. The lowest BCUT2D eigenvalue weighted by Crippen LogP contribution is -2.31. The number of likely N-dealkylation sites (N-methyl/N-ethyl adjacent to an activating group) is 1. The minimum Gasteiger partial charge on any atom is -0.492 e. The molecule has 6 nitrogen and oxygen atoms in total. The van der Waals surface area contributed by atoms with Crippen LogP contribution in [0.5, 0.6) is 5.75 Å². The zero-order chi connectivity index (χ0) is 21.3. The van der Waals surface area contributed by atoms with Crippen molar-refractivity contribution in [2.24, 2.45) is 0 Å². The van der Waals surface area contributed by atoms with E-state index in [9.17, 15) is 9.18 Å². The van der Waals surface area contributed by atoms with E-state index >= 15 is 0 Å². The maximum Gasteiger partial charge on any atom is 0.238 e. The average Bonchev–Trinajstić information content (AvgIpc) is 3.19. The summed E-state index contributed by atoms with van der Waals surface area (Å²) in [4.78, 5) is 14.3. The molecule has 0 saturated carbocycles. The van der Waals surface area contributed by atoms with Crippen molar-refractivity contribution in [3.8, 4) is 17.0 Å². The molecule has 1 heterocycles. The maximum absolute atomic E-state index is 13.0. The second-order valence-corrected chi connectivity index (χ2v) is 7.10. The molecule has 3 rings (SSSR count). The molecule has 0 unspecified atom stereocenters. The fourth-order valence-corrected chi connectivity index (χ4v) is 3.16. The minimum absolute atomic E-state index is 0.0789. The molecule has 158 valence electrons. The minimum atomic E-state index is -0.261. The van der Waals surface area contributed by atoms with Crippen LogP contribution in [-0.4, -0.2) is 47.7 Å². The average molecular weight is 410 g/mol. The van der Waals surface area contributed by atoms with E-state index in [0.717, 1.165) is 36.3 Å². The van der Waals surface area contributed by atoms with Crippen LogP contribution in [0.3, 0.4) is 0 Å². The Labute approximate surface area is 176 Å². The van der Waals surface area contributed by atoms with Crippen LogP contribution in [-0.2, 0) is 11.2 Å². The molecule has 0 fully saturated rings. The lowest BCUT2D eigenvalue weighted by Gasteiger charge is -2.17. The Morgan fingerprint density at radius 3 is 2.73 bits per heavy atom. The Hall–Kier alpha value is -3.19. The monoisotopic (exact) mass is 410 g/mol. The molecule has 30 heavy (non-hydrogen) atoms. The Bertz CT molecular complexity index is 956. The quantitative estimate of drug-likeness (QED) is 0.528. The van der Waals surface area contributed by atoms with Crippen LogP contribution >= 0.6 is 0 Å². The molecule has 0 spiro atoms. The Kier molecular flexibility index (Phi) is 7.57. The second kappa shape index (κ2) is 10.5. The van der Waals surface area contributed by atoms with Gasteiger partial charge >= 0.3 is 0 Å². The first-order valence-corrected chi connectivity index (χ1v) is 10.1. The standard InChI is InChI=1S/C23H27FN4O2/c1-3-30-22-9-5-4-8-20(22)25-23(29)16-28(2)14-6-7-19-15-21(27-26-19)17-10-12-18(24)13-11-17/h4-5,8-13,15H,3,6-7,14,16H2,1-2H3,(H,25,29)(H,26,27). The maximum atomic E-state index is 13.0. The molecule has 7 heteroatoms. The molecule has 0 bridgehead atoms. The normalized spacial score (nSPS) is 10.9. The fraction of sp³-hybridized carbons (Fsp3) is 0.304. The van der Waals surface area contributed by atoms with E-state index in [-0.39, 0.29) is 11.7 Å². The number of carbonyl (C=O) groups excluding carboxylic acids is 1. The van der Waals surface area contributed by atoms with Gasteiger partial charge in [-0.25, -0.2) is 4.39 Å². The number of halogens is 1. The summed E-state index contributed by atoms with van der Waals surface area (Å²) in [6.07, 6.45) is 1.69. The number of carbonyl (C=O) groups is 1. The smallest absolute Gasteiger partial charge is 0.238 e. The van der Waals surface area contributed by atoms with Crippen molar-refractivity contribution in [2.45, 2.75) is 19.8 Å². The highest BCUT2D eigenvalue weighted by Crippen LogP contribution is 2.23. The summed E-state index contributed by atoms with van der Waals surface area (Å²) in [5.41, 5.74) is 3.37. The van der Waals surface area contributed by atoms with Crippen molar-refractivity contribution in [1.82, 2.24) is 15.1 Å². The van der Waals surface area contributed by atoms with E-state index in [0.29, 0.717) is 24.6 Å². The zero-order valence-electron chi connectivity index (χ0n) is 17.3. The lowest BCUT2D eigenvalue weighted by atomic mass is 10.1. The number of nitrogens with zero attached hydrogens (tertiary/aromatic N) is 2. The summed E-state index contributed by atoms with van der Waals surface area (Å²) in [5.74, 6) is 0.333. The summed E-state index contributed by atoms with van der Waals surface area (Å²) >= 11 is 0. The summed E-state index contributed by atoms with van der Waals surface area (Å²) < 4.78 is 18.6. The molecular formula is C23H27FN4O2. The number of aryl methyl sites for hydroxylation is 1. The van der Waals surface area contributed by atoms with Crippen LogP contribution in [0.25, 0.3) is 11.3 Å². The van der Waals surface area contributed by atoms with Gasteiger partial charge in [-0.3, -0.25) is 14.8 Å². The van der Waals surface area contributed by atoms with Crippen molar-refractivity contribution in [3.05, 3.63) is 66.1 Å². The van der Waals surface area contributed by atoms with E-state index in [1.54, 1.807) is 12.1 Å². The van der Waals surface area contributed by atoms with Crippen LogP contribution in [0.15, 0.2) is 54.6 Å². The van der Waals surface area contributed by atoms with Gasteiger partial charge in [-0.1, -0.05) is 12.1 Å². The zero-order valence-corrected chi connectivity index (χ0v) is 17.3. The first-order chi connectivity index (χ1) is 14.5. The first kappa shape index (κ1) is 21.5. The van der Waals surface area contributed by atoms with Gasteiger partial charge < -0.3 is 10.1 Å². The predicted octanol–water partition coefficient (Wildman–Crippen LogP) is 4.12. The molecule has 0 saturated heterocycles. The van der Waals surface area contributed by atoms with Gasteiger partial charge in [0.05, 0.1) is 24.5 Å². The number of nitrogens with one attached hydrogen (secondary N) is 2. The molecule has 0 atom stereocenters. The Morgan fingerprint density at radius 2 is 1.97 bits per heavy atom. The number of aromatic nitrogens is 2. The molecular weight excluding hydrogens is 383 g/mol. The van der Waals surface area contributed by atoms with Gasteiger partial charge in [0.25, 0.3) is 0 Å². The highest BCUT2D eigenvalue weighted by Gasteiger charge is 2.10. The van der Waals surface area contributed by atoms with Gasteiger partial charge in [-0.2, -0.15) is 5.10 Å². The second-order valence-electron chi connectivity index (χ2n) is 7.10. The number of rotatable bonds is 10. The molecule has 3 aromatic rings. The van der Waals surface area contributed by atoms with Crippen LogP contribution in [0.1, 0.15) is 19.0 Å². The molecule has 1 aromatic heterocycles. The van der Waals surface area contributed by atoms with Gasteiger partial charge in [0, 0.05) is 11.3 Å². The molecule has 1 amide bonds. The van der Waals surface area contributed by atoms with Gasteiger partial charge in [0.15, 0.2) is 0 Å². The number of ether oxygens (including phenoxy) is 1. The van der Waals surface area contributed by atoms with E-state index in [4.69, 9.17) is 4.74 Å². The van der Waals surface area contributed by atoms with E-state index in [1.807, 2.05) is 49.2 Å². The summed E-state index contributed by atoms with van der Waals surface area (Å²) in [5, 5.41) is 10.2. The van der Waals surface area contributed by atoms with Crippen molar-refractivity contribution in [1.29, 1.82) is 0 Å². The topological polar surface area (TPSA) is 70.2 Å². The van der Waals surface area contributed by atoms with Crippen LogP contribution in [0.2, 0.25) is 0 Å². The predicted molar refractivity (Wildman–Crippen MR) is 116 cm³/mol. The van der Waals surface area contributed by atoms with E-state index in [1.165, 1.54) is 12.1 Å².